The Labute approximate surface area is 162 Å². The number of aromatic nitrogens is 1. The van der Waals surface area contributed by atoms with Crippen LogP contribution < -0.4 is 5.43 Å². The summed E-state index contributed by atoms with van der Waals surface area (Å²) >= 11 is 0. The quantitative estimate of drug-likeness (QED) is 0.821. The maximum absolute atomic E-state index is 12.8. The zero-order valence-corrected chi connectivity index (χ0v) is 16.0. The lowest BCUT2D eigenvalue weighted by molar-refractivity contribution is -0.0361. The van der Waals surface area contributed by atoms with Gasteiger partial charge in [0.05, 0.1) is 5.56 Å². The molecule has 2 aliphatic rings. The number of Topliss-reactive ketones (excluding diaryl/α,β-unsaturated/α-hetero) is 1. The summed E-state index contributed by atoms with van der Waals surface area (Å²) in [6.45, 7) is 5.19. The summed E-state index contributed by atoms with van der Waals surface area (Å²) in [5.41, 5.74) is 0.119. The number of carbonyl (C=O) groups is 2. The van der Waals surface area contributed by atoms with Gasteiger partial charge in [-0.05, 0) is 24.8 Å². The zero-order valence-electron chi connectivity index (χ0n) is 16.0. The van der Waals surface area contributed by atoms with Gasteiger partial charge in [-0.15, -0.1) is 0 Å². The summed E-state index contributed by atoms with van der Waals surface area (Å²) < 4.78 is 1.56. The van der Waals surface area contributed by atoms with Crippen LogP contribution in [0.2, 0.25) is 0 Å². The number of hydrazine groups is 1. The number of rotatable bonds is 4. The van der Waals surface area contributed by atoms with Crippen LogP contribution >= 0.6 is 0 Å². The lowest BCUT2D eigenvalue weighted by Gasteiger charge is -2.40. The number of aryl methyl sites for hydroxylation is 1. The van der Waals surface area contributed by atoms with E-state index >= 15 is 0 Å². The Morgan fingerprint density at radius 2 is 1.86 bits per heavy atom. The third-order valence-corrected chi connectivity index (χ3v) is 5.56. The smallest absolute Gasteiger partial charge is 0.288 e. The predicted molar refractivity (Wildman–Crippen MR) is 103 cm³/mol. The zero-order chi connectivity index (χ0) is 20.0. The molecule has 2 aromatic rings. The van der Waals surface area contributed by atoms with Crippen LogP contribution in [0, 0.1) is 5.92 Å². The van der Waals surface area contributed by atoms with E-state index in [9.17, 15) is 19.5 Å². The Morgan fingerprint density at radius 1 is 1.14 bits per heavy atom. The minimum Gasteiger partial charge on any atom is -0.503 e. The van der Waals surface area contributed by atoms with Crippen LogP contribution in [0.5, 0.6) is 5.75 Å². The van der Waals surface area contributed by atoms with Gasteiger partial charge in [0, 0.05) is 25.7 Å². The van der Waals surface area contributed by atoms with Crippen molar-refractivity contribution in [2.24, 2.45) is 5.92 Å². The first-order valence-electron chi connectivity index (χ1n) is 9.52. The van der Waals surface area contributed by atoms with E-state index in [1.807, 2.05) is 49.2 Å². The highest BCUT2D eigenvalue weighted by atomic mass is 16.3. The van der Waals surface area contributed by atoms with Crippen molar-refractivity contribution in [3.05, 3.63) is 63.6 Å². The monoisotopic (exact) mass is 381 g/mol. The van der Waals surface area contributed by atoms with E-state index in [-0.39, 0.29) is 29.6 Å². The van der Waals surface area contributed by atoms with E-state index in [2.05, 4.69) is 0 Å². The van der Waals surface area contributed by atoms with Crippen LogP contribution in [0.4, 0.5) is 0 Å². The van der Waals surface area contributed by atoms with Gasteiger partial charge >= 0.3 is 0 Å². The lowest BCUT2D eigenvalue weighted by Crippen LogP contribution is -2.50. The third-order valence-electron chi connectivity index (χ3n) is 5.56. The van der Waals surface area contributed by atoms with E-state index in [1.165, 1.54) is 6.20 Å². The summed E-state index contributed by atoms with van der Waals surface area (Å²) in [7, 11) is 0. The van der Waals surface area contributed by atoms with Crippen LogP contribution in [0.3, 0.4) is 0 Å². The Balaban J connectivity index is 1.68. The number of pyridine rings is 1. The molecule has 7 heteroatoms. The van der Waals surface area contributed by atoms with Crippen molar-refractivity contribution >= 4 is 11.7 Å². The van der Waals surface area contributed by atoms with Gasteiger partial charge < -0.3 is 9.67 Å². The molecule has 2 unspecified atom stereocenters. The third kappa shape index (κ3) is 2.92. The lowest BCUT2D eigenvalue weighted by atomic mass is 10.0. The normalized spacial score (nSPS) is 21.5. The second-order valence-electron chi connectivity index (χ2n) is 7.63. The number of hydrogen-bond acceptors (Lipinski definition) is 5. The van der Waals surface area contributed by atoms with E-state index in [0.717, 1.165) is 5.56 Å². The Bertz CT molecular complexity index is 999. The molecule has 1 amide bonds. The largest absolute Gasteiger partial charge is 0.503 e. The van der Waals surface area contributed by atoms with Crippen LogP contribution in [0.15, 0.2) is 41.3 Å². The average molecular weight is 381 g/mol. The Morgan fingerprint density at radius 3 is 2.57 bits per heavy atom. The van der Waals surface area contributed by atoms with Gasteiger partial charge in [-0.1, -0.05) is 37.3 Å². The fourth-order valence-corrected chi connectivity index (χ4v) is 4.06. The summed E-state index contributed by atoms with van der Waals surface area (Å²) in [4.78, 5) is 38.2. The first-order chi connectivity index (χ1) is 13.4. The molecule has 146 valence electrons. The number of nitrogens with zero attached hydrogens (tertiary/aromatic N) is 3. The molecule has 3 heterocycles. The molecule has 0 radical (unpaired) electrons. The molecule has 7 nitrogen and oxygen atoms in total. The van der Waals surface area contributed by atoms with Crippen molar-refractivity contribution in [1.82, 2.24) is 14.6 Å². The molecule has 1 aromatic heterocycles. The predicted octanol–water partition coefficient (Wildman–Crippen LogP) is 2.21. The van der Waals surface area contributed by atoms with E-state index in [4.69, 9.17) is 0 Å². The fraction of sp³-hybridized carbons (Fsp3) is 0.381. The molecule has 2 aliphatic heterocycles. The van der Waals surface area contributed by atoms with E-state index in [1.54, 1.807) is 9.58 Å². The van der Waals surface area contributed by atoms with Crippen molar-refractivity contribution in [1.29, 1.82) is 0 Å². The number of fused-ring (bicyclic) bond motifs is 2. The van der Waals surface area contributed by atoms with Gasteiger partial charge in [-0.3, -0.25) is 19.4 Å². The maximum Gasteiger partial charge on any atom is 0.288 e. The number of aromatic hydroxyl groups is 1. The molecule has 0 saturated carbocycles. The second kappa shape index (κ2) is 6.91. The van der Waals surface area contributed by atoms with Crippen molar-refractivity contribution < 1.29 is 14.7 Å². The van der Waals surface area contributed by atoms with Gasteiger partial charge in [0.25, 0.3) is 5.91 Å². The van der Waals surface area contributed by atoms with Crippen LogP contribution in [-0.2, 0) is 6.42 Å². The molecular formula is C21H23N3O4. The number of amides is 1. The number of ketones is 1. The van der Waals surface area contributed by atoms with Gasteiger partial charge in [-0.2, -0.15) is 5.01 Å². The van der Waals surface area contributed by atoms with Crippen molar-refractivity contribution in [2.75, 3.05) is 13.1 Å². The molecule has 4 rings (SSSR count). The number of benzene rings is 1. The highest BCUT2D eigenvalue weighted by Gasteiger charge is 2.43. The van der Waals surface area contributed by atoms with Gasteiger partial charge in [0.15, 0.2) is 17.2 Å². The Hall–Kier alpha value is -2.93. The minimum absolute atomic E-state index is 0.0394. The highest BCUT2D eigenvalue weighted by Crippen LogP contribution is 2.34. The molecular weight excluding hydrogens is 358 g/mol. The number of carbonyl (C=O) groups excluding carboxylic acids is 2. The maximum atomic E-state index is 12.8. The van der Waals surface area contributed by atoms with Gasteiger partial charge in [0.1, 0.15) is 6.17 Å². The van der Waals surface area contributed by atoms with Crippen molar-refractivity contribution in [3.8, 4) is 5.75 Å². The summed E-state index contributed by atoms with van der Waals surface area (Å²) in [6, 6.07) is 9.55. The van der Waals surface area contributed by atoms with Gasteiger partial charge in [0.2, 0.25) is 5.43 Å². The summed E-state index contributed by atoms with van der Waals surface area (Å²) in [5.74, 6) is -1.08. The summed E-state index contributed by atoms with van der Waals surface area (Å²) in [5, 5.41) is 14.0. The van der Waals surface area contributed by atoms with Gasteiger partial charge in [-0.25, -0.2) is 0 Å². The minimum atomic E-state index is -0.773. The average Bonchev–Trinajstić information content (AvgIpc) is 3.09. The molecule has 1 N–H and O–H groups in total. The van der Waals surface area contributed by atoms with Crippen LogP contribution in [0.25, 0.3) is 0 Å². The first kappa shape index (κ1) is 18.4. The molecule has 2 atom stereocenters. The second-order valence-corrected chi connectivity index (χ2v) is 7.63. The van der Waals surface area contributed by atoms with Crippen molar-refractivity contribution in [3.63, 3.8) is 0 Å². The van der Waals surface area contributed by atoms with E-state index < -0.39 is 17.1 Å². The van der Waals surface area contributed by atoms with E-state index in [0.29, 0.717) is 25.4 Å². The summed E-state index contributed by atoms with van der Waals surface area (Å²) in [6.07, 6.45) is 1.83. The van der Waals surface area contributed by atoms with Crippen molar-refractivity contribution in [2.45, 2.75) is 32.9 Å². The molecule has 1 fully saturated rings. The molecule has 0 bridgehead atoms. The van der Waals surface area contributed by atoms with Crippen LogP contribution in [0.1, 0.15) is 52.8 Å². The first-order valence-corrected chi connectivity index (χ1v) is 9.52. The standard InChI is InChI=1S/C21H23N3O4/c1-13-10-23-14(2)22-12-16(17(25)9-8-15-6-4-3-5-7-15)19(26)20(27)18(22)21(28)24(23)11-13/h3-7,12-14,27H,8-11H2,1-2H3. The topological polar surface area (TPSA) is 82.9 Å². The molecule has 1 saturated heterocycles. The van der Waals surface area contributed by atoms with Crippen LogP contribution in [-0.4, -0.2) is 44.5 Å². The SMILES string of the molecule is CC1CN2C(=O)c3c(O)c(=O)c(C(=O)CCc4ccccc4)cn3C(C)N2C1. The molecule has 28 heavy (non-hydrogen) atoms. The Kier molecular flexibility index (Phi) is 4.55. The number of hydrogen-bond donors (Lipinski definition) is 1. The fourth-order valence-electron chi connectivity index (χ4n) is 4.06. The molecule has 0 spiro atoms. The molecule has 1 aromatic carbocycles. The highest BCUT2D eigenvalue weighted by molar-refractivity contribution is 5.99. The molecule has 0 aliphatic carbocycles.